The number of benzene rings is 1. The maximum absolute atomic E-state index is 14.1. The van der Waals surface area contributed by atoms with Crippen molar-refractivity contribution < 1.29 is 4.39 Å². The summed E-state index contributed by atoms with van der Waals surface area (Å²) < 4.78 is 15.2. The van der Waals surface area contributed by atoms with E-state index < -0.39 is 0 Å². The average molecular weight is 328 g/mol. The van der Waals surface area contributed by atoms with Crippen LogP contribution in [-0.2, 0) is 6.42 Å². The lowest BCUT2D eigenvalue weighted by Crippen LogP contribution is -2.20. The van der Waals surface area contributed by atoms with Crippen LogP contribution in [0.1, 0.15) is 22.0 Å². The predicted octanol–water partition coefficient (Wildman–Crippen LogP) is 4.46. The van der Waals surface area contributed by atoms with E-state index in [1.165, 1.54) is 4.88 Å². The Balaban J connectivity index is 2.29. The number of halogens is 2. The van der Waals surface area contributed by atoms with Gasteiger partial charge in [0.1, 0.15) is 5.82 Å². The maximum atomic E-state index is 14.1. The van der Waals surface area contributed by atoms with E-state index in [2.05, 4.69) is 21.2 Å². The highest BCUT2D eigenvalue weighted by molar-refractivity contribution is 9.10. The maximum Gasteiger partial charge on any atom is 0.130 e. The van der Waals surface area contributed by atoms with Crippen LogP contribution in [0.5, 0.6) is 0 Å². The van der Waals surface area contributed by atoms with Gasteiger partial charge >= 0.3 is 0 Å². The molecule has 0 amide bonds. The van der Waals surface area contributed by atoms with E-state index in [0.29, 0.717) is 5.56 Å². The molecule has 1 aromatic heterocycles. The van der Waals surface area contributed by atoms with Crippen molar-refractivity contribution in [3.63, 3.8) is 0 Å². The molecule has 1 N–H and O–H groups in total. The van der Waals surface area contributed by atoms with Crippen LogP contribution in [0.2, 0.25) is 0 Å². The second-order valence-corrected chi connectivity index (χ2v) is 6.07. The largest absolute Gasteiger partial charge is 0.313 e. The van der Waals surface area contributed by atoms with Crippen molar-refractivity contribution in [1.82, 2.24) is 5.32 Å². The molecule has 0 saturated carbocycles. The minimum Gasteiger partial charge on any atom is -0.313 e. The lowest BCUT2D eigenvalue weighted by molar-refractivity contribution is 0.531. The second-order valence-electron chi connectivity index (χ2n) is 4.22. The zero-order valence-corrected chi connectivity index (χ0v) is 12.7. The van der Waals surface area contributed by atoms with Crippen molar-refractivity contribution in [2.45, 2.75) is 19.4 Å². The summed E-state index contributed by atoms with van der Waals surface area (Å²) in [5.41, 5.74) is 1.43. The van der Waals surface area contributed by atoms with Crippen LogP contribution in [0.25, 0.3) is 0 Å². The summed E-state index contributed by atoms with van der Waals surface area (Å²) in [4.78, 5) is 1.23. The normalized spacial score (nSPS) is 12.7. The van der Waals surface area contributed by atoms with E-state index in [0.717, 1.165) is 16.5 Å². The second kappa shape index (κ2) is 5.95. The third-order valence-corrected chi connectivity index (χ3v) is 4.97. The van der Waals surface area contributed by atoms with E-state index >= 15 is 0 Å². The Hall–Kier alpha value is -0.710. The average Bonchev–Trinajstić information content (AvgIpc) is 2.76. The van der Waals surface area contributed by atoms with Gasteiger partial charge in [-0.15, -0.1) is 11.3 Å². The molecule has 0 aliphatic rings. The monoisotopic (exact) mass is 327 g/mol. The van der Waals surface area contributed by atoms with Gasteiger partial charge in [0, 0.05) is 27.4 Å². The van der Waals surface area contributed by atoms with Gasteiger partial charge in [-0.1, -0.05) is 18.2 Å². The van der Waals surface area contributed by atoms with E-state index in [4.69, 9.17) is 0 Å². The van der Waals surface area contributed by atoms with Crippen LogP contribution in [0, 0.1) is 12.7 Å². The van der Waals surface area contributed by atoms with Crippen LogP contribution in [0.15, 0.2) is 34.1 Å². The van der Waals surface area contributed by atoms with Crippen molar-refractivity contribution in [3.8, 4) is 0 Å². The van der Waals surface area contributed by atoms with Gasteiger partial charge in [0.05, 0.1) is 0 Å². The quantitative estimate of drug-likeness (QED) is 0.874. The summed E-state index contributed by atoms with van der Waals surface area (Å²) in [6, 6.07) is 7.58. The standard InChI is InChI=1S/C14H15BrFNS/c1-9-4-3-5-10(14(9)16)12(17-2)8-13-11(15)6-7-18-13/h3-7,12,17H,8H2,1-2H3. The fourth-order valence-corrected chi connectivity index (χ4v) is 3.52. The lowest BCUT2D eigenvalue weighted by Gasteiger charge is -2.17. The van der Waals surface area contributed by atoms with Gasteiger partial charge in [-0.2, -0.15) is 0 Å². The van der Waals surface area contributed by atoms with Crippen LogP contribution in [0.4, 0.5) is 4.39 Å². The molecule has 0 radical (unpaired) electrons. The molecule has 0 aliphatic heterocycles. The van der Waals surface area contributed by atoms with E-state index in [1.54, 1.807) is 24.3 Å². The molecule has 1 heterocycles. The first-order valence-corrected chi connectivity index (χ1v) is 7.45. The first-order chi connectivity index (χ1) is 8.63. The number of hydrogen-bond acceptors (Lipinski definition) is 2. The smallest absolute Gasteiger partial charge is 0.130 e. The predicted molar refractivity (Wildman–Crippen MR) is 78.7 cm³/mol. The zero-order valence-electron chi connectivity index (χ0n) is 10.3. The lowest BCUT2D eigenvalue weighted by atomic mass is 10.0. The highest BCUT2D eigenvalue weighted by atomic mass is 79.9. The van der Waals surface area contributed by atoms with Gasteiger partial charge in [0.15, 0.2) is 0 Å². The van der Waals surface area contributed by atoms with Crippen molar-refractivity contribution in [3.05, 3.63) is 55.9 Å². The minimum absolute atomic E-state index is 0.000139. The SMILES string of the molecule is CNC(Cc1sccc1Br)c1cccc(C)c1F. The van der Waals surface area contributed by atoms with Gasteiger partial charge in [-0.25, -0.2) is 4.39 Å². The number of nitrogens with one attached hydrogen (secondary N) is 1. The Morgan fingerprint density at radius 3 is 2.78 bits per heavy atom. The van der Waals surface area contributed by atoms with Crippen LogP contribution in [-0.4, -0.2) is 7.05 Å². The van der Waals surface area contributed by atoms with Crippen molar-refractivity contribution >= 4 is 27.3 Å². The van der Waals surface area contributed by atoms with E-state index in [9.17, 15) is 4.39 Å². The summed E-state index contributed by atoms with van der Waals surface area (Å²) in [7, 11) is 1.87. The third-order valence-electron chi connectivity index (χ3n) is 3.03. The molecule has 2 rings (SSSR count). The van der Waals surface area contributed by atoms with Gasteiger partial charge in [0.25, 0.3) is 0 Å². The third kappa shape index (κ3) is 2.82. The summed E-state index contributed by atoms with van der Waals surface area (Å²) in [6.07, 6.45) is 0.787. The molecule has 0 bridgehead atoms. The molecule has 1 nitrogen and oxygen atoms in total. The summed E-state index contributed by atoms with van der Waals surface area (Å²) in [5, 5.41) is 5.24. The molecule has 1 atom stereocenters. The van der Waals surface area contributed by atoms with Gasteiger partial charge in [-0.05, 0) is 46.9 Å². The van der Waals surface area contributed by atoms with Crippen LogP contribution < -0.4 is 5.32 Å². The number of aryl methyl sites for hydroxylation is 1. The minimum atomic E-state index is -0.107. The molecular weight excluding hydrogens is 313 g/mol. The molecule has 0 spiro atoms. The Bertz CT molecular complexity index is 538. The Kier molecular flexibility index (Phi) is 4.54. The van der Waals surface area contributed by atoms with Gasteiger partial charge in [0.2, 0.25) is 0 Å². The van der Waals surface area contributed by atoms with Crippen LogP contribution >= 0.6 is 27.3 Å². The summed E-state index contributed by atoms with van der Waals surface area (Å²) in [5.74, 6) is -0.107. The molecule has 0 aliphatic carbocycles. The highest BCUT2D eigenvalue weighted by Gasteiger charge is 2.17. The topological polar surface area (TPSA) is 12.0 Å². The molecule has 0 saturated heterocycles. The molecular formula is C14H15BrFNS. The summed E-state index contributed by atoms with van der Waals surface area (Å²) in [6.45, 7) is 1.80. The molecule has 2 aromatic rings. The Morgan fingerprint density at radius 1 is 1.39 bits per heavy atom. The fraction of sp³-hybridized carbons (Fsp3) is 0.286. The van der Waals surface area contributed by atoms with Crippen molar-refractivity contribution in [1.29, 1.82) is 0 Å². The highest BCUT2D eigenvalue weighted by Crippen LogP contribution is 2.29. The number of thiophene rings is 1. The number of likely N-dealkylation sites (N-methyl/N-ethyl adjacent to an activating group) is 1. The molecule has 1 aromatic carbocycles. The molecule has 96 valence electrons. The van der Waals surface area contributed by atoms with Crippen LogP contribution in [0.3, 0.4) is 0 Å². The fourth-order valence-electron chi connectivity index (χ4n) is 1.96. The Labute approximate surface area is 119 Å². The van der Waals surface area contributed by atoms with Gasteiger partial charge < -0.3 is 5.32 Å². The molecule has 1 unspecified atom stereocenters. The van der Waals surface area contributed by atoms with Crippen molar-refractivity contribution in [2.24, 2.45) is 0 Å². The molecule has 18 heavy (non-hydrogen) atoms. The first kappa shape index (κ1) is 13.7. The zero-order chi connectivity index (χ0) is 13.1. The number of rotatable bonds is 4. The Morgan fingerprint density at radius 2 is 2.17 bits per heavy atom. The van der Waals surface area contributed by atoms with Crippen molar-refractivity contribution in [2.75, 3.05) is 7.05 Å². The van der Waals surface area contributed by atoms with Gasteiger partial charge in [-0.3, -0.25) is 0 Å². The number of hydrogen-bond donors (Lipinski definition) is 1. The van der Waals surface area contributed by atoms with E-state index in [1.807, 2.05) is 30.6 Å². The molecule has 0 fully saturated rings. The molecule has 4 heteroatoms. The first-order valence-electron chi connectivity index (χ1n) is 5.77. The summed E-state index contributed by atoms with van der Waals surface area (Å²) >= 11 is 5.21. The van der Waals surface area contributed by atoms with E-state index in [-0.39, 0.29) is 11.9 Å².